The van der Waals surface area contributed by atoms with E-state index in [1.807, 2.05) is 14.1 Å². The zero-order valence-corrected chi connectivity index (χ0v) is 12.9. The first kappa shape index (κ1) is 14.9. The maximum atomic E-state index is 12.5. The molecule has 108 valence electrons. The number of thiophene rings is 1. The predicted molar refractivity (Wildman–Crippen MR) is 75.7 cm³/mol. The lowest BCUT2D eigenvalue weighted by molar-refractivity contribution is 0.190. The largest absolute Gasteiger partial charge is 0.391 e. The van der Waals surface area contributed by atoms with Crippen LogP contribution in [0.1, 0.15) is 17.7 Å². The van der Waals surface area contributed by atoms with Gasteiger partial charge in [-0.1, -0.05) is 0 Å². The summed E-state index contributed by atoms with van der Waals surface area (Å²) in [6.45, 7) is 1.02. The number of aliphatic hydroxyl groups is 1. The topological polar surface area (TPSA) is 60.9 Å². The normalized spacial score (nSPS) is 22.0. The zero-order valence-electron chi connectivity index (χ0n) is 11.2. The number of hydrogen-bond acceptors (Lipinski definition) is 5. The molecule has 7 heteroatoms. The number of piperidine rings is 1. The second-order valence-electron chi connectivity index (χ2n) is 5.00. The van der Waals surface area contributed by atoms with Gasteiger partial charge >= 0.3 is 0 Å². The Kier molecular flexibility index (Phi) is 4.62. The minimum absolute atomic E-state index is 0.111. The maximum absolute atomic E-state index is 12.5. The summed E-state index contributed by atoms with van der Waals surface area (Å²) in [6, 6.07) is 3.54. The van der Waals surface area contributed by atoms with Crippen LogP contribution in [0.5, 0.6) is 0 Å². The minimum atomic E-state index is -3.40. The van der Waals surface area contributed by atoms with Gasteiger partial charge in [0.05, 0.1) is 6.61 Å². The Morgan fingerprint density at radius 3 is 2.79 bits per heavy atom. The highest BCUT2D eigenvalue weighted by molar-refractivity contribution is 7.91. The van der Waals surface area contributed by atoms with Crippen molar-refractivity contribution in [1.82, 2.24) is 9.21 Å². The molecule has 2 rings (SSSR count). The molecule has 1 fully saturated rings. The van der Waals surface area contributed by atoms with Gasteiger partial charge in [-0.15, -0.1) is 11.3 Å². The number of likely N-dealkylation sites (N-methyl/N-ethyl adjacent to an activating group) is 1. The van der Waals surface area contributed by atoms with E-state index in [2.05, 4.69) is 4.90 Å². The van der Waals surface area contributed by atoms with Crippen LogP contribution in [-0.4, -0.2) is 56.0 Å². The van der Waals surface area contributed by atoms with E-state index in [1.54, 1.807) is 16.4 Å². The van der Waals surface area contributed by atoms with Crippen molar-refractivity contribution in [3.05, 3.63) is 17.0 Å². The molecule has 1 aliphatic heterocycles. The second kappa shape index (κ2) is 5.88. The second-order valence-corrected chi connectivity index (χ2v) is 8.33. The molecule has 0 saturated carbocycles. The molecule has 2 heterocycles. The summed E-state index contributed by atoms with van der Waals surface area (Å²) in [5.74, 6) is 0. The number of nitrogens with zero attached hydrogens (tertiary/aromatic N) is 2. The van der Waals surface area contributed by atoms with Crippen molar-refractivity contribution in [2.45, 2.75) is 29.7 Å². The van der Waals surface area contributed by atoms with E-state index in [0.29, 0.717) is 22.2 Å². The van der Waals surface area contributed by atoms with Gasteiger partial charge in [0.2, 0.25) is 0 Å². The van der Waals surface area contributed by atoms with Crippen molar-refractivity contribution >= 4 is 21.4 Å². The summed E-state index contributed by atoms with van der Waals surface area (Å²) < 4.78 is 26.9. The third-order valence-corrected chi connectivity index (χ3v) is 6.88. The van der Waals surface area contributed by atoms with Crippen LogP contribution in [0.25, 0.3) is 0 Å². The molecule has 1 saturated heterocycles. The van der Waals surface area contributed by atoms with Crippen molar-refractivity contribution in [2.24, 2.45) is 0 Å². The first-order chi connectivity index (χ1) is 8.95. The first-order valence-corrected chi connectivity index (χ1v) is 8.57. The van der Waals surface area contributed by atoms with Crippen LogP contribution in [0.2, 0.25) is 0 Å². The summed E-state index contributed by atoms with van der Waals surface area (Å²) in [7, 11) is 0.560. The Bertz CT molecular complexity index is 525. The number of sulfonamides is 1. The van der Waals surface area contributed by atoms with Crippen LogP contribution < -0.4 is 0 Å². The predicted octanol–water partition coefficient (Wildman–Crippen LogP) is 0.955. The molecule has 0 aromatic carbocycles. The van der Waals surface area contributed by atoms with E-state index in [-0.39, 0.29) is 12.6 Å². The Morgan fingerprint density at radius 2 is 2.21 bits per heavy atom. The van der Waals surface area contributed by atoms with Crippen molar-refractivity contribution in [3.63, 3.8) is 0 Å². The minimum Gasteiger partial charge on any atom is -0.391 e. The molecule has 1 aromatic heterocycles. The van der Waals surface area contributed by atoms with Gasteiger partial charge in [-0.3, -0.25) is 0 Å². The Labute approximate surface area is 118 Å². The first-order valence-electron chi connectivity index (χ1n) is 6.31. The van der Waals surface area contributed by atoms with Gasteiger partial charge in [-0.2, -0.15) is 4.31 Å². The van der Waals surface area contributed by atoms with Crippen molar-refractivity contribution in [1.29, 1.82) is 0 Å². The molecule has 0 aliphatic carbocycles. The Morgan fingerprint density at radius 1 is 1.47 bits per heavy atom. The van der Waals surface area contributed by atoms with E-state index < -0.39 is 10.0 Å². The highest BCUT2D eigenvalue weighted by Crippen LogP contribution is 2.27. The highest BCUT2D eigenvalue weighted by Gasteiger charge is 2.31. The van der Waals surface area contributed by atoms with E-state index in [1.165, 1.54) is 0 Å². The molecule has 19 heavy (non-hydrogen) atoms. The quantitative estimate of drug-likeness (QED) is 0.900. The summed E-state index contributed by atoms with van der Waals surface area (Å²) in [6.07, 6.45) is 1.92. The smallest absolute Gasteiger partial charge is 0.252 e. The van der Waals surface area contributed by atoms with Crippen molar-refractivity contribution in [3.8, 4) is 0 Å². The van der Waals surface area contributed by atoms with Gasteiger partial charge < -0.3 is 10.0 Å². The monoisotopic (exact) mass is 304 g/mol. The molecule has 0 bridgehead atoms. The number of hydrogen-bond donors (Lipinski definition) is 1. The lowest BCUT2D eigenvalue weighted by atomic mass is 10.1. The van der Waals surface area contributed by atoms with Crippen LogP contribution in [-0.2, 0) is 16.6 Å². The van der Waals surface area contributed by atoms with Gasteiger partial charge in [0.25, 0.3) is 10.0 Å². The molecule has 0 amide bonds. The lowest BCUT2D eigenvalue weighted by Crippen LogP contribution is -2.47. The van der Waals surface area contributed by atoms with Gasteiger partial charge in [0.1, 0.15) is 4.21 Å². The maximum Gasteiger partial charge on any atom is 0.252 e. The SMILES string of the molecule is CN(C)C1CCCN(S(=O)(=O)c2ccc(CO)s2)C1. The van der Waals surface area contributed by atoms with Crippen LogP contribution in [0.3, 0.4) is 0 Å². The van der Waals surface area contributed by atoms with E-state index in [9.17, 15) is 8.42 Å². The van der Waals surface area contributed by atoms with E-state index in [0.717, 1.165) is 24.2 Å². The molecule has 1 unspecified atom stereocenters. The average Bonchev–Trinajstić information content (AvgIpc) is 2.88. The molecular weight excluding hydrogens is 284 g/mol. The number of aliphatic hydroxyl groups excluding tert-OH is 1. The standard InChI is InChI=1S/C12H20N2O3S2/c1-13(2)10-4-3-7-14(8-10)19(16,17)12-6-5-11(9-15)18-12/h5-6,10,15H,3-4,7-9H2,1-2H3. The van der Waals surface area contributed by atoms with Crippen LogP contribution in [0, 0.1) is 0 Å². The molecule has 1 aromatic rings. The van der Waals surface area contributed by atoms with Crippen molar-refractivity contribution in [2.75, 3.05) is 27.2 Å². The molecule has 5 nitrogen and oxygen atoms in total. The van der Waals surface area contributed by atoms with Crippen molar-refractivity contribution < 1.29 is 13.5 Å². The van der Waals surface area contributed by atoms with Crippen LogP contribution in [0.4, 0.5) is 0 Å². The third kappa shape index (κ3) is 3.17. The summed E-state index contributed by atoms with van der Waals surface area (Å²) >= 11 is 1.15. The molecular formula is C12H20N2O3S2. The van der Waals surface area contributed by atoms with Gasteiger partial charge in [0.15, 0.2) is 0 Å². The fourth-order valence-corrected chi connectivity index (χ4v) is 5.16. The Hall–Kier alpha value is -0.470. The van der Waals surface area contributed by atoms with Gasteiger partial charge in [-0.05, 0) is 39.1 Å². The number of rotatable bonds is 4. The van der Waals surface area contributed by atoms with Crippen LogP contribution >= 0.6 is 11.3 Å². The Balaban J connectivity index is 2.19. The summed E-state index contributed by atoms with van der Waals surface area (Å²) in [5, 5.41) is 9.04. The average molecular weight is 304 g/mol. The molecule has 1 aliphatic rings. The molecule has 0 radical (unpaired) electrons. The van der Waals surface area contributed by atoms with Gasteiger partial charge in [0, 0.05) is 24.0 Å². The van der Waals surface area contributed by atoms with Crippen LogP contribution in [0.15, 0.2) is 16.3 Å². The molecule has 1 N–H and O–H groups in total. The fraction of sp³-hybridized carbons (Fsp3) is 0.667. The van der Waals surface area contributed by atoms with Gasteiger partial charge in [-0.25, -0.2) is 8.42 Å². The summed E-state index contributed by atoms with van der Waals surface area (Å²) in [4.78, 5) is 2.76. The fourth-order valence-electron chi connectivity index (χ4n) is 2.27. The third-order valence-electron chi connectivity index (χ3n) is 3.48. The molecule has 0 spiro atoms. The lowest BCUT2D eigenvalue weighted by Gasteiger charge is -2.35. The van der Waals surface area contributed by atoms with E-state index in [4.69, 9.17) is 5.11 Å². The molecule has 1 atom stereocenters. The summed E-state index contributed by atoms with van der Waals surface area (Å²) in [5.41, 5.74) is 0. The zero-order chi connectivity index (χ0) is 14.0. The van der Waals surface area contributed by atoms with E-state index >= 15 is 0 Å². The highest BCUT2D eigenvalue weighted by atomic mass is 32.2.